The highest BCUT2D eigenvalue weighted by Gasteiger charge is 2.29. The lowest BCUT2D eigenvalue weighted by molar-refractivity contribution is -0.161. The molecule has 0 fully saturated rings. The van der Waals surface area contributed by atoms with E-state index >= 15 is 0 Å². The van der Waals surface area contributed by atoms with Crippen molar-refractivity contribution in [1.82, 2.24) is 0 Å². The van der Waals surface area contributed by atoms with Crippen molar-refractivity contribution in [2.75, 3.05) is 0 Å². The highest BCUT2D eigenvalue weighted by Crippen LogP contribution is 2.26. The quantitative estimate of drug-likeness (QED) is 0.535. The number of halogens is 1. The monoisotopic (exact) mass is 416 g/mol. The van der Waals surface area contributed by atoms with E-state index in [0.717, 1.165) is 16.7 Å². The number of esters is 1. The minimum atomic E-state index is -0.897. The Bertz CT molecular complexity index is 837. The summed E-state index contributed by atoms with van der Waals surface area (Å²) in [4.78, 5) is 24.2. The number of carbonyl (C=O) groups excluding carboxylic acids is 1. The van der Waals surface area contributed by atoms with E-state index in [-0.39, 0.29) is 12.4 Å². The molecular weight excluding hydrogens is 388 g/mol. The molecule has 1 N–H and O–H groups in total. The summed E-state index contributed by atoms with van der Waals surface area (Å²) in [6.45, 7) is 7.32. The van der Waals surface area contributed by atoms with Crippen LogP contribution in [0.1, 0.15) is 46.1 Å². The summed E-state index contributed by atoms with van der Waals surface area (Å²) in [6, 6.07) is 15.4. The molecule has 0 spiro atoms. The molecule has 0 amide bonds. The van der Waals surface area contributed by atoms with Gasteiger partial charge in [-0.1, -0.05) is 54.9 Å². The Morgan fingerprint density at radius 1 is 1.03 bits per heavy atom. The number of carboxylic acids is 1. The molecule has 2 aromatic carbocycles. The first-order valence-corrected chi connectivity index (χ1v) is 10.3. The Morgan fingerprint density at radius 2 is 1.69 bits per heavy atom. The number of hydrogen-bond acceptors (Lipinski definition) is 3. The van der Waals surface area contributed by atoms with Crippen LogP contribution in [0.15, 0.2) is 48.5 Å². The average molecular weight is 417 g/mol. The normalized spacial score (nSPS) is 13.6. The first kappa shape index (κ1) is 23.0. The summed E-state index contributed by atoms with van der Waals surface area (Å²) in [5, 5.41) is 10.4. The Balaban J connectivity index is 2.10. The second-order valence-corrected chi connectivity index (χ2v) is 8.76. The van der Waals surface area contributed by atoms with Crippen LogP contribution in [0.25, 0.3) is 11.1 Å². The maximum atomic E-state index is 12.4. The highest BCUT2D eigenvalue weighted by molar-refractivity contribution is 6.30. The summed E-state index contributed by atoms with van der Waals surface area (Å²) >= 11 is 6.05. The molecule has 0 bridgehead atoms. The van der Waals surface area contributed by atoms with E-state index in [1.165, 1.54) is 0 Å². The van der Waals surface area contributed by atoms with Gasteiger partial charge in [-0.2, -0.15) is 0 Å². The zero-order valence-electron chi connectivity index (χ0n) is 17.4. The smallest absolute Gasteiger partial charge is 0.309 e. The lowest BCUT2D eigenvalue weighted by Gasteiger charge is -2.25. The molecule has 2 aromatic rings. The van der Waals surface area contributed by atoms with E-state index in [4.69, 9.17) is 16.3 Å². The fourth-order valence-electron chi connectivity index (χ4n) is 3.22. The predicted octanol–water partition coefficient (Wildman–Crippen LogP) is 6.01. The van der Waals surface area contributed by atoms with Crippen LogP contribution in [-0.4, -0.2) is 22.6 Å². The standard InChI is InChI=1S/C24H29ClO4/c1-5-17(23(28)29-24(2,3)4)14-20(22(26)27)13-16-9-11-18(12-10-16)19-7-6-8-21(25)15-19/h6-12,15,17,20H,5,13-14H2,1-4H3,(H,26,27)/t17-,20-/m1/s1. The summed E-state index contributed by atoms with van der Waals surface area (Å²) in [7, 11) is 0. The van der Waals surface area contributed by atoms with Crippen molar-refractivity contribution in [1.29, 1.82) is 0 Å². The second kappa shape index (κ2) is 9.93. The van der Waals surface area contributed by atoms with Crippen LogP contribution < -0.4 is 0 Å². The number of hydrogen-bond donors (Lipinski definition) is 1. The second-order valence-electron chi connectivity index (χ2n) is 8.32. The maximum absolute atomic E-state index is 12.4. The van der Waals surface area contributed by atoms with Gasteiger partial charge in [0, 0.05) is 5.02 Å². The molecule has 29 heavy (non-hydrogen) atoms. The SMILES string of the molecule is CC[C@H](C[C@@H](Cc1ccc(-c2cccc(Cl)c2)cc1)C(=O)O)C(=O)OC(C)(C)C. The van der Waals surface area contributed by atoms with Gasteiger partial charge in [0.1, 0.15) is 5.60 Å². The summed E-state index contributed by atoms with van der Waals surface area (Å²) in [6.07, 6.45) is 1.17. The van der Waals surface area contributed by atoms with Crippen molar-refractivity contribution < 1.29 is 19.4 Å². The summed E-state index contributed by atoms with van der Waals surface area (Å²) in [5.41, 5.74) is 2.36. The fraction of sp³-hybridized carbons (Fsp3) is 0.417. The van der Waals surface area contributed by atoms with Crippen molar-refractivity contribution in [3.05, 3.63) is 59.1 Å². The van der Waals surface area contributed by atoms with Crippen molar-refractivity contribution in [2.45, 2.75) is 52.6 Å². The zero-order chi connectivity index (χ0) is 21.6. The molecular formula is C24H29ClO4. The van der Waals surface area contributed by atoms with E-state index in [2.05, 4.69) is 0 Å². The van der Waals surface area contributed by atoms with Crippen LogP contribution in [0.2, 0.25) is 5.02 Å². The first-order valence-electron chi connectivity index (χ1n) is 9.89. The third-order valence-corrected chi connectivity index (χ3v) is 4.98. The molecule has 0 aliphatic carbocycles. The van der Waals surface area contributed by atoms with Crippen LogP contribution in [0.4, 0.5) is 0 Å². The third kappa shape index (κ3) is 7.21. The largest absolute Gasteiger partial charge is 0.481 e. The Morgan fingerprint density at radius 3 is 2.21 bits per heavy atom. The minimum absolute atomic E-state index is 0.261. The molecule has 0 heterocycles. The number of ether oxygens (including phenoxy) is 1. The number of benzene rings is 2. The lowest BCUT2D eigenvalue weighted by Crippen LogP contribution is -2.31. The van der Waals surface area contributed by atoms with E-state index in [9.17, 15) is 14.7 Å². The molecule has 0 aliphatic heterocycles. The molecule has 2 atom stereocenters. The molecule has 2 rings (SSSR count). The molecule has 4 nitrogen and oxygen atoms in total. The van der Waals surface area contributed by atoms with Gasteiger partial charge in [0.2, 0.25) is 0 Å². The first-order chi connectivity index (χ1) is 13.6. The van der Waals surface area contributed by atoms with Crippen molar-refractivity contribution in [2.24, 2.45) is 11.8 Å². The number of carbonyl (C=O) groups is 2. The number of aliphatic carboxylic acids is 1. The van der Waals surface area contributed by atoms with Crippen molar-refractivity contribution in [3.63, 3.8) is 0 Å². The van der Waals surface area contributed by atoms with Crippen LogP contribution in [0.3, 0.4) is 0 Å². The van der Waals surface area contributed by atoms with E-state index in [0.29, 0.717) is 17.9 Å². The maximum Gasteiger partial charge on any atom is 0.309 e. The fourth-order valence-corrected chi connectivity index (χ4v) is 3.41. The van der Waals surface area contributed by atoms with Gasteiger partial charge in [-0.15, -0.1) is 0 Å². The van der Waals surface area contributed by atoms with Gasteiger partial charge >= 0.3 is 11.9 Å². The lowest BCUT2D eigenvalue weighted by atomic mass is 9.87. The number of rotatable bonds is 8. The van der Waals surface area contributed by atoms with Gasteiger partial charge in [0.25, 0.3) is 0 Å². The van der Waals surface area contributed by atoms with Crippen LogP contribution in [0, 0.1) is 11.8 Å². The summed E-state index contributed by atoms with van der Waals surface area (Å²) < 4.78 is 5.45. The van der Waals surface area contributed by atoms with Crippen LogP contribution in [-0.2, 0) is 20.7 Å². The molecule has 5 heteroatoms. The van der Waals surface area contributed by atoms with Gasteiger partial charge in [0.15, 0.2) is 0 Å². The topological polar surface area (TPSA) is 63.6 Å². The summed E-state index contributed by atoms with van der Waals surface area (Å²) in [5.74, 6) is -2.31. The number of carboxylic acid groups (broad SMARTS) is 1. The Kier molecular flexibility index (Phi) is 7.86. The van der Waals surface area contributed by atoms with E-state index in [1.54, 1.807) is 0 Å². The molecule has 0 aliphatic rings. The average Bonchev–Trinajstić information content (AvgIpc) is 2.64. The van der Waals surface area contributed by atoms with Gasteiger partial charge in [-0.25, -0.2) is 0 Å². The highest BCUT2D eigenvalue weighted by atomic mass is 35.5. The molecule has 0 unspecified atom stereocenters. The van der Waals surface area contributed by atoms with Gasteiger partial charge in [-0.05, 0) is 68.9 Å². The molecule has 0 aromatic heterocycles. The van der Waals surface area contributed by atoms with Gasteiger partial charge < -0.3 is 9.84 Å². The minimum Gasteiger partial charge on any atom is -0.481 e. The molecule has 0 saturated heterocycles. The molecule has 0 radical (unpaired) electrons. The predicted molar refractivity (Wildman–Crippen MR) is 116 cm³/mol. The van der Waals surface area contributed by atoms with E-state index < -0.39 is 23.4 Å². The van der Waals surface area contributed by atoms with Crippen LogP contribution >= 0.6 is 11.6 Å². The molecule has 156 valence electrons. The Labute approximate surface area is 177 Å². The molecule has 0 saturated carbocycles. The third-order valence-electron chi connectivity index (χ3n) is 4.75. The van der Waals surface area contributed by atoms with E-state index in [1.807, 2.05) is 76.2 Å². The van der Waals surface area contributed by atoms with Crippen molar-refractivity contribution >= 4 is 23.5 Å². The van der Waals surface area contributed by atoms with Gasteiger partial charge in [-0.3, -0.25) is 9.59 Å². The zero-order valence-corrected chi connectivity index (χ0v) is 18.2. The van der Waals surface area contributed by atoms with Crippen LogP contribution in [0.5, 0.6) is 0 Å². The Hall–Kier alpha value is -2.33. The van der Waals surface area contributed by atoms with Crippen molar-refractivity contribution in [3.8, 4) is 11.1 Å². The van der Waals surface area contributed by atoms with Gasteiger partial charge in [0.05, 0.1) is 11.8 Å².